The summed E-state index contributed by atoms with van der Waals surface area (Å²) in [6.45, 7) is 6.01. The molecule has 1 aliphatic heterocycles. The number of amides is 2. The first-order valence-corrected chi connectivity index (χ1v) is 12.1. The molecule has 1 aromatic heterocycles. The monoisotopic (exact) mass is 464 g/mol. The summed E-state index contributed by atoms with van der Waals surface area (Å²) in [5.41, 5.74) is 0.599. The van der Waals surface area contributed by atoms with Gasteiger partial charge >= 0.3 is 0 Å². The van der Waals surface area contributed by atoms with Gasteiger partial charge in [-0.05, 0) is 37.3 Å². The number of furan rings is 1. The van der Waals surface area contributed by atoms with Gasteiger partial charge in [0.25, 0.3) is 5.91 Å². The van der Waals surface area contributed by atoms with Gasteiger partial charge in [0.2, 0.25) is 15.9 Å². The van der Waals surface area contributed by atoms with E-state index in [2.05, 4.69) is 20.3 Å². The van der Waals surface area contributed by atoms with Crippen LogP contribution in [-0.4, -0.2) is 64.2 Å². The minimum atomic E-state index is -3.61. The van der Waals surface area contributed by atoms with Crippen LogP contribution in [-0.2, 0) is 19.6 Å². The molecule has 0 bridgehead atoms. The molecule has 1 atom stereocenters. The number of benzene rings is 1. The van der Waals surface area contributed by atoms with Gasteiger partial charge in [-0.15, -0.1) is 0 Å². The summed E-state index contributed by atoms with van der Waals surface area (Å²) in [6, 6.07) is 7.95. The molecular weight excluding hydrogens is 436 g/mol. The molecule has 0 radical (unpaired) electrons. The first kappa shape index (κ1) is 23.8. The zero-order valence-electron chi connectivity index (χ0n) is 18.3. The summed E-state index contributed by atoms with van der Waals surface area (Å²) in [6.07, 6.45) is 1.00. The predicted octanol–water partition coefficient (Wildman–Crippen LogP) is 1.72. The van der Waals surface area contributed by atoms with E-state index in [1.165, 1.54) is 25.1 Å². The highest BCUT2D eigenvalue weighted by atomic mass is 32.2. The third kappa shape index (κ3) is 6.55. The van der Waals surface area contributed by atoms with Crippen LogP contribution < -0.4 is 15.4 Å². The van der Waals surface area contributed by atoms with E-state index in [0.29, 0.717) is 32.0 Å². The Bertz CT molecular complexity index is 1080. The van der Waals surface area contributed by atoms with Crippen LogP contribution >= 0.6 is 0 Å². The van der Waals surface area contributed by atoms with Crippen LogP contribution in [0.2, 0.25) is 0 Å². The van der Waals surface area contributed by atoms with Gasteiger partial charge in [-0.25, -0.2) is 8.42 Å². The first-order chi connectivity index (χ1) is 15.1. The van der Waals surface area contributed by atoms with Gasteiger partial charge in [-0.3, -0.25) is 19.2 Å². The van der Waals surface area contributed by atoms with Gasteiger partial charge in [-0.2, -0.15) is 0 Å². The maximum absolute atomic E-state index is 13.1. The molecule has 0 spiro atoms. The fourth-order valence-corrected chi connectivity index (χ4v) is 4.10. The highest BCUT2D eigenvalue weighted by molar-refractivity contribution is 7.92. The number of aryl methyl sites for hydroxylation is 1. The highest BCUT2D eigenvalue weighted by Gasteiger charge is 2.26. The second-order valence-electron chi connectivity index (χ2n) is 7.64. The van der Waals surface area contributed by atoms with E-state index in [9.17, 15) is 18.0 Å². The third-order valence-corrected chi connectivity index (χ3v) is 5.50. The van der Waals surface area contributed by atoms with Gasteiger partial charge in [0, 0.05) is 32.2 Å². The van der Waals surface area contributed by atoms with Crippen molar-refractivity contribution in [2.45, 2.75) is 19.9 Å². The number of carbonyl (C=O) groups is 2. The standard InChI is InChI=1S/C21H28N4O6S/c1-14-4-7-20(31-14)19(25-8-10-30-11-9-25)13-22-21(27)17-12-16(23-15(2)26)5-6-18(17)24-32(3,28)29/h4-7,12,19,24H,8-11,13H2,1-3H3,(H,22,27)(H,23,26). The van der Waals surface area contributed by atoms with E-state index in [0.717, 1.165) is 17.8 Å². The summed E-state index contributed by atoms with van der Waals surface area (Å²) < 4.78 is 37.1. The summed E-state index contributed by atoms with van der Waals surface area (Å²) in [5, 5.41) is 5.48. The molecule has 2 heterocycles. The number of morpholine rings is 1. The van der Waals surface area contributed by atoms with Crippen molar-refractivity contribution in [3.8, 4) is 0 Å². The molecular formula is C21H28N4O6S. The molecule has 174 valence electrons. The SMILES string of the molecule is CC(=O)Nc1ccc(NS(C)(=O)=O)c(C(=O)NCC(c2ccc(C)o2)N2CCOCC2)c1. The molecule has 0 aliphatic carbocycles. The topological polar surface area (TPSA) is 130 Å². The summed E-state index contributed by atoms with van der Waals surface area (Å²) in [5.74, 6) is 0.712. The van der Waals surface area contributed by atoms with Gasteiger partial charge < -0.3 is 19.8 Å². The van der Waals surface area contributed by atoms with Crippen LogP contribution in [0.3, 0.4) is 0 Å². The van der Waals surface area contributed by atoms with Gasteiger partial charge in [0.15, 0.2) is 0 Å². The molecule has 2 aromatic rings. The summed E-state index contributed by atoms with van der Waals surface area (Å²) in [7, 11) is -3.61. The number of nitrogens with one attached hydrogen (secondary N) is 3. The number of hydrogen-bond acceptors (Lipinski definition) is 7. The number of sulfonamides is 1. The molecule has 1 unspecified atom stereocenters. The fourth-order valence-electron chi connectivity index (χ4n) is 3.52. The maximum Gasteiger partial charge on any atom is 0.253 e. The quantitative estimate of drug-likeness (QED) is 0.542. The number of hydrogen-bond donors (Lipinski definition) is 3. The Morgan fingerprint density at radius 3 is 2.47 bits per heavy atom. The van der Waals surface area contributed by atoms with E-state index in [4.69, 9.17) is 9.15 Å². The van der Waals surface area contributed by atoms with Gasteiger partial charge in [0.1, 0.15) is 11.5 Å². The largest absolute Gasteiger partial charge is 0.465 e. The molecule has 1 saturated heterocycles. The Labute approximate surface area is 187 Å². The van der Waals surface area contributed by atoms with Crippen molar-refractivity contribution < 1.29 is 27.2 Å². The Hall–Kier alpha value is -2.89. The Morgan fingerprint density at radius 2 is 1.88 bits per heavy atom. The zero-order valence-corrected chi connectivity index (χ0v) is 19.1. The number of nitrogens with zero attached hydrogens (tertiary/aromatic N) is 1. The molecule has 1 fully saturated rings. The lowest BCUT2D eigenvalue weighted by atomic mass is 10.1. The first-order valence-electron chi connectivity index (χ1n) is 10.2. The summed E-state index contributed by atoms with van der Waals surface area (Å²) >= 11 is 0. The second kappa shape index (κ2) is 10.2. The van der Waals surface area contributed by atoms with Crippen LogP contribution in [0.4, 0.5) is 11.4 Å². The van der Waals surface area contributed by atoms with Crippen molar-refractivity contribution in [2.75, 3.05) is 49.1 Å². The summed E-state index contributed by atoms with van der Waals surface area (Å²) in [4.78, 5) is 26.7. The van der Waals surface area contributed by atoms with Crippen LogP contribution in [0.25, 0.3) is 0 Å². The second-order valence-corrected chi connectivity index (χ2v) is 9.39. The number of rotatable bonds is 8. The molecule has 0 saturated carbocycles. The van der Waals surface area contributed by atoms with Crippen molar-refractivity contribution in [2.24, 2.45) is 0 Å². The van der Waals surface area contributed by atoms with Gasteiger partial charge in [-0.1, -0.05) is 0 Å². The van der Waals surface area contributed by atoms with E-state index in [1.807, 2.05) is 19.1 Å². The van der Waals surface area contributed by atoms with E-state index >= 15 is 0 Å². The molecule has 1 aliphatic rings. The zero-order chi connectivity index (χ0) is 23.3. The van der Waals surface area contributed by atoms with Crippen LogP contribution in [0.15, 0.2) is 34.7 Å². The normalized spacial score (nSPS) is 15.7. The molecule has 11 heteroatoms. The Kier molecular flexibility index (Phi) is 7.54. The van der Waals surface area contributed by atoms with E-state index in [-0.39, 0.29) is 29.7 Å². The van der Waals surface area contributed by atoms with Gasteiger partial charge in [0.05, 0.1) is 36.8 Å². The third-order valence-electron chi connectivity index (χ3n) is 4.91. The van der Waals surface area contributed by atoms with Crippen LogP contribution in [0, 0.1) is 6.92 Å². The minimum Gasteiger partial charge on any atom is -0.465 e. The molecule has 2 amide bonds. The van der Waals surface area contributed by atoms with E-state index in [1.54, 1.807) is 0 Å². The average Bonchev–Trinajstić information content (AvgIpc) is 3.14. The molecule has 32 heavy (non-hydrogen) atoms. The minimum absolute atomic E-state index is 0.0954. The molecule has 1 aromatic carbocycles. The van der Waals surface area contributed by atoms with E-state index < -0.39 is 15.9 Å². The lowest BCUT2D eigenvalue weighted by Gasteiger charge is -2.33. The lowest BCUT2D eigenvalue weighted by molar-refractivity contribution is -0.114. The average molecular weight is 465 g/mol. The fraction of sp³-hybridized carbons (Fsp3) is 0.429. The van der Waals surface area contributed by atoms with Crippen molar-refractivity contribution in [3.63, 3.8) is 0 Å². The highest BCUT2D eigenvalue weighted by Crippen LogP contribution is 2.25. The predicted molar refractivity (Wildman–Crippen MR) is 120 cm³/mol. The van der Waals surface area contributed by atoms with Crippen molar-refractivity contribution in [1.82, 2.24) is 10.2 Å². The lowest BCUT2D eigenvalue weighted by Crippen LogP contribution is -2.43. The smallest absolute Gasteiger partial charge is 0.253 e. The maximum atomic E-state index is 13.1. The Morgan fingerprint density at radius 1 is 1.16 bits per heavy atom. The van der Waals surface area contributed by atoms with Crippen LogP contribution in [0.5, 0.6) is 0 Å². The van der Waals surface area contributed by atoms with Crippen molar-refractivity contribution in [3.05, 3.63) is 47.4 Å². The van der Waals surface area contributed by atoms with Crippen molar-refractivity contribution >= 4 is 33.2 Å². The Balaban J connectivity index is 1.83. The molecule has 3 N–H and O–H groups in total. The molecule has 3 rings (SSSR count). The number of carbonyl (C=O) groups excluding carboxylic acids is 2. The van der Waals surface area contributed by atoms with Crippen LogP contribution in [0.1, 0.15) is 34.8 Å². The number of anilines is 2. The number of ether oxygens (including phenoxy) is 1. The van der Waals surface area contributed by atoms with Crippen molar-refractivity contribution in [1.29, 1.82) is 0 Å². The molecule has 10 nitrogen and oxygen atoms in total.